The van der Waals surface area contributed by atoms with Crippen LogP contribution >= 0.6 is 12.2 Å². The lowest BCUT2D eigenvalue weighted by Crippen LogP contribution is -2.33. The number of aryl methyl sites for hydroxylation is 1. The minimum Gasteiger partial charge on any atom is -0.366 e. The minimum atomic E-state index is 0.0568. The average molecular weight is 283 g/mol. The molecule has 2 unspecified atom stereocenters. The molecule has 1 aliphatic rings. The van der Waals surface area contributed by atoms with Gasteiger partial charge in [-0.1, -0.05) is 37.3 Å². The SMILES string of the molecule is Cc1c(C(C)C2=CNC(C=S)N2)ccc2cccnc12. The molecule has 0 radical (unpaired) electrons. The van der Waals surface area contributed by atoms with E-state index in [1.54, 1.807) is 5.37 Å². The molecule has 0 amide bonds. The molecule has 0 spiro atoms. The van der Waals surface area contributed by atoms with Gasteiger partial charge in [0.15, 0.2) is 0 Å². The van der Waals surface area contributed by atoms with Gasteiger partial charge in [-0.2, -0.15) is 0 Å². The van der Waals surface area contributed by atoms with Crippen LogP contribution in [0.25, 0.3) is 10.9 Å². The van der Waals surface area contributed by atoms with Gasteiger partial charge in [0.25, 0.3) is 0 Å². The fourth-order valence-corrected chi connectivity index (χ4v) is 2.86. The highest BCUT2D eigenvalue weighted by Crippen LogP contribution is 2.30. The average Bonchev–Trinajstić information content (AvgIpc) is 2.96. The van der Waals surface area contributed by atoms with Crippen molar-refractivity contribution in [3.8, 4) is 0 Å². The van der Waals surface area contributed by atoms with E-state index in [0.29, 0.717) is 0 Å². The number of nitrogens with one attached hydrogen (secondary N) is 2. The van der Waals surface area contributed by atoms with Gasteiger partial charge in [0, 0.05) is 34.8 Å². The molecule has 0 aliphatic carbocycles. The van der Waals surface area contributed by atoms with Crippen molar-refractivity contribution in [2.75, 3.05) is 0 Å². The number of hydrogen-bond donors (Lipinski definition) is 2. The van der Waals surface area contributed by atoms with Crippen LogP contribution in [0.15, 0.2) is 42.4 Å². The van der Waals surface area contributed by atoms with Crippen molar-refractivity contribution < 1.29 is 0 Å². The summed E-state index contributed by atoms with van der Waals surface area (Å²) in [5.41, 5.74) is 4.77. The molecule has 0 saturated heterocycles. The maximum Gasteiger partial charge on any atom is 0.126 e. The maximum absolute atomic E-state index is 4.96. The standard InChI is InChI=1S/C16H17N3S/c1-10(14-8-18-15(9-20)19-14)13-6-5-12-4-3-7-17-16(12)11(13)2/h3-10,15,18-19H,1-2H3. The Bertz CT molecular complexity index is 693. The van der Waals surface area contributed by atoms with E-state index >= 15 is 0 Å². The largest absolute Gasteiger partial charge is 0.366 e. The molecule has 3 nitrogen and oxygen atoms in total. The molecular formula is C16H17N3S. The van der Waals surface area contributed by atoms with Crippen molar-refractivity contribution in [1.82, 2.24) is 15.6 Å². The second-order valence-electron chi connectivity index (χ2n) is 5.10. The molecule has 0 fully saturated rings. The predicted octanol–water partition coefficient (Wildman–Crippen LogP) is 3.01. The fraction of sp³-hybridized carbons (Fsp3) is 0.250. The van der Waals surface area contributed by atoms with E-state index in [1.165, 1.54) is 16.5 Å². The third-order valence-corrected chi connectivity index (χ3v) is 4.15. The second-order valence-corrected chi connectivity index (χ2v) is 5.37. The summed E-state index contributed by atoms with van der Waals surface area (Å²) in [6.07, 6.45) is 3.92. The van der Waals surface area contributed by atoms with Crippen LogP contribution in [0.2, 0.25) is 0 Å². The highest BCUT2D eigenvalue weighted by atomic mass is 32.1. The van der Waals surface area contributed by atoms with Crippen LogP contribution in [0.4, 0.5) is 0 Å². The van der Waals surface area contributed by atoms with Gasteiger partial charge in [-0.3, -0.25) is 4.98 Å². The predicted molar refractivity (Wildman–Crippen MR) is 86.7 cm³/mol. The number of thiocarbonyl (C=S) groups is 1. The Morgan fingerprint density at radius 1 is 1.35 bits per heavy atom. The molecule has 2 aromatic rings. The highest BCUT2D eigenvalue weighted by molar-refractivity contribution is 7.79. The molecule has 2 heterocycles. The molecule has 2 N–H and O–H groups in total. The summed E-state index contributed by atoms with van der Waals surface area (Å²) in [5.74, 6) is 0.286. The minimum absolute atomic E-state index is 0.0568. The lowest BCUT2D eigenvalue weighted by molar-refractivity contribution is 0.687. The Kier molecular flexibility index (Phi) is 3.40. The molecule has 20 heavy (non-hydrogen) atoms. The first-order chi connectivity index (χ1) is 9.70. The third-order valence-electron chi connectivity index (χ3n) is 3.88. The number of fused-ring (bicyclic) bond motifs is 1. The van der Waals surface area contributed by atoms with Crippen molar-refractivity contribution >= 4 is 28.5 Å². The van der Waals surface area contributed by atoms with E-state index in [-0.39, 0.29) is 12.1 Å². The summed E-state index contributed by atoms with van der Waals surface area (Å²) in [6, 6.07) is 8.40. The highest BCUT2D eigenvalue weighted by Gasteiger charge is 2.20. The van der Waals surface area contributed by atoms with Gasteiger partial charge in [-0.05, 0) is 24.1 Å². The zero-order chi connectivity index (χ0) is 14.1. The second kappa shape index (κ2) is 5.21. The molecular weight excluding hydrogens is 266 g/mol. The van der Waals surface area contributed by atoms with Crippen molar-refractivity contribution in [2.45, 2.75) is 25.9 Å². The number of allylic oxidation sites excluding steroid dienone is 1. The van der Waals surface area contributed by atoms with Gasteiger partial charge >= 0.3 is 0 Å². The number of pyridine rings is 1. The molecule has 3 rings (SSSR count). The topological polar surface area (TPSA) is 37.0 Å². The summed E-state index contributed by atoms with van der Waals surface area (Å²) < 4.78 is 0. The number of benzene rings is 1. The zero-order valence-corrected chi connectivity index (χ0v) is 12.4. The first-order valence-corrected chi connectivity index (χ1v) is 7.20. The van der Waals surface area contributed by atoms with Crippen molar-refractivity contribution in [3.05, 3.63) is 53.5 Å². The molecule has 0 bridgehead atoms. The van der Waals surface area contributed by atoms with Crippen LogP contribution < -0.4 is 10.6 Å². The Hall–Kier alpha value is -1.94. The molecule has 0 saturated carbocycles. The van der Waals surface area contributed by atoms with Gasteiger partial charge in [0.2, 0.25) is 0 Å². The van der Waals surface area contributed by atoms with E-state index in [4.69, 9.17) is 12.2 Å². The Labute approximate surface area is 124 Å². The normalized spacial score (nSPS) is 19.1. The fourth-order valence-electron chi connectivity index (χ4n) is 2.71. The molecule has 102 valence electrons. The van der Waals surface area contributed by atoms with Gasteiger partial charge in [0.1, 0.15) is 6.17 Å². The Balaban J connectivity index is 1.98. The first kappa shape index (κ1) is 13.1. The molecule has 1 aliphatic heterocycles. The van der Waals surface area contributed by atoms with Crippen LogP contribution in [0.5, 0.6) is 0 Å². The van der Waals surface area contributed by atoms with E-state index in [9.17, 15) is 0 Å². The lowest BCUT2D eigenvalue weighted by atomic mass is 9.92. The van der Waals surface area contributed by atoms with Crippen molar-refractivity contribution in [2.24, 2.45) is 0 Å². The summed E-state index contributed by atoms with van der Waals surface area (Å²) in [4.78, 5) is 4.50. The van der Waals surface area contributed by atoms with E-state index in [1.807, 2.05) is 18.5 Å². The van der Waals surface area contributed by atoms with Crippen LogP contribution in [0.1, 0.15) is 24.0 Å². The monoisotopic (exact) mass is 283 g/mol. The Morgan fingerprint density at radius 3 is 2.95 bits per heavy atom. The van der Waals surface area contributed by atoms with E-state index < -0.39 is 0 Å². The molecule has 1 aromatic carbocycles. The zero-order valence-electron chi connectivity index (χ0n) is 11.6. The smallest absolute Gasteiger partial charge is 0.126 e. The number of hydrogen-bond acceptors (Lipinski definition) is 4. The van der Waals surface area contributed by atoms with E-state index in [0.717, 1.165) is 11.2 Å². The molecule has 1 aromatic heterocycles. The quantitative estimate of drug-likeness (QED) is 0.849. The van der Waals surface area contributed by atoms with Crippen LogP contribution in [0.3, 0.4) is 0 Å². The van der Waals surface area contributed by atoms with E-state index in [2.05, 4.69) is 47.7 Å². The van der Waals surface area contributed by atoms with Crippen LogP contribution in [0, 0.1) is 6.92 Å². The lowest BCUT2D eigenvalue weighted by Gasteiger charge is -2.18. The van der Waals surface area contributed by atoms with Crippen molar-refractivity contribution in [1.29, 1.82) is 0 Å². The summed E-state index contributed by atoms with van der Waals surface area (Å²) >= 11 is 4.96. The number of aromatic nitrogens is 1. The van der Waals surface area contributed by atoms with Gasteiger partial charge in [-0.25, -0.2) is 0 Å². The third kappa shape index (κ3) is 2.16. The van der Waals surface area contributed by atoms with Gasteiger partial charge < -0.3 is 10.6 Å². The Morgan fingerprint density at radius 2 is 2.20 bits per heavy atom. The first-order valence-electron chi connectivity index (χ1n) is 6.73. The van der Waals surface area contributed by atoms with Crippen molar-refractivity contribution in [3.63, 3.8) is 0 Å². The summed E-state index contributed by atoms with van der Waals surface area (Å²) in [6.45, 7) is 4.34. The van der Waals surface area contributed by atoms with Gasteiger partial charge in [0.05, 0.1) is 5.52 Å². The molecule has 2 atom stereocenters. The van der Waals surface area contributed by atoms with Crippen LogP contribution in [-0.4, -0.2) is 16.5 Å². The maximum atomic E-state index is 4.96. The summed E-state index contributed by atoms with van der Waals surface area (Å²) in [7, 11) is 0. The van der Waals surface area contributed by atoms with Crippen LogP contribution in [-0.2, 0) is 0 Å². The number of nitrogens with zero attached hydrogens (tertiary/aromatic N) is 1. The summed E-state index contributed by atoms with van der Waals surface area (Å²) in [5, 5.41) is 9.48. The van der Waals surface area contributed by atoms with Gasteiger partial charge in [-0.15, -0.1) is 0 Å². The number of rotatable bonds is 3. The molecule has 4 heteroatoms.